The van der Waals surface area contributed by atoms with Crippen LogP contribution in [0.5, 0.6) is 0 Å². The van der Waals surface area contributed by atoms with Gasteiger partial charge in [-0.15, -0.1) is 0 Å². The van der Waals surface area contributed by atoms with Crippen LogP contribution in [-0.2, 0) is 4.74 Å². The van der Waals surface area contributed by atoms with E-state index in [1.54, 1.807) is 0 Å². The van der Waals surface area contributed by atoms with Crippen molar-refractivity contribution in [1.29, 1.82) is 0 Å². The summed E-state index contributed by atoms with van der Waals surface area (Å²) in [7, 11) is 2.13. The Labute approximate surface area is 118 Å². The molecule has 0 saturated carbocycles. The Hall–Kier alpha value is -0.580. The van der Waals surface area contributed by atoms with Crippen LogP contribution >= 0.6 is 15.9 Å². The molecular weight excluding hydrogens is 292 g/mol. The fraction of sp³-hybridized carbons (Fsp3) is 0.571. The van der Waals surface area contributed by atoms with Gasteiger partial charge in [-0.25, -0.2) is 0 Å². The van der Waals surface area contributed by atoms with Gasteiger partial charge in [0.1, 0.15) is 0 Å². The van der Waals surface area contributed by atoms with Gasteiger partial charge in [0.15, 0.2) is 0 Å². The van der Waals surface area contributed by atoms with Crippen molar-refractivity contribution < 1.29 is 4.74 Å². The molecule has 1 unspecified atom stereocenters. The fourth-order valence-corrected chi connectivity index (χ4v) is 2.46. The molecule has 2 rings (SSSR count). The van der Waals surface area contributed by atoms with Crippen molar-refractivity contribution in [3.63, 3.8) is 0 Å². The van der Waals surface area contributed by atoms with Gasteiger partial charge < -0.3 is 15.0 Å². The SMILES string of the molecule is Cc1ccc(N(C)CCC2CNCCO2)cc1Br. The lowest BCUT2D eigenvalue weighted by atomic mass is 10.2. The van der Waals surface area contributed by atoms with Crippen molar-refractivity contribution in [2.45, 2.75) is 19.4 Å². The smallest absolute Gasteiger partial charge is 0.0716 e. The normalized spacial score (nSPS) is 19.8. The molecule has 1 saturated heterocycles. The van der Waals surface area contributed by atoms with Gasteiger partial charge in [0.05, 0.1) is 12.7 Å². The molecule has 0 aromatic heterocycles. The zero-order valence-electron chi connectivity index (χ0n) is 11.1. The van der Waals surface area contributed by atoms with Crippen LogP contribution < -0.4 is 10.2 Å². The second kappa shape index (κ2) is 6.55. The number of nitrogens with one attached hydrogen (secondary N) is 1. The minimum absolute atomic E-state index is 0.357. The average molecular weight is 313 g/mol. The Morgan fingerprint density at radius 3 is 3.00 bits per heavy atom. The third-order valence-electron chi connectivity index (χ3n) is 3.39. The van der Waals surface area contributed by atoms with Crippen LogP contribution in [0.15, 0.2) is 22.7 Å². The highest BCUT2D eigenvalue weighted by molar-refractivity contribution is 9.10. The lowest BCUT2D eigenvalue weighted by molar-refractivity contribution is 0.0250. The molecule has 0 aliphatic carbocycles. The average Bonchev–Trinajstić information content (AvgIpc) is 2.40. The van der Waals surface area contributed by atoms with E-state index in [0.717, 1.165) is 32.7 Å². The number of aryl methyl sites for hydroxylation is 1. The highest BCUT2D eigenvalue weighted by atomic mass is 79.9. The van der Waals surface area contributed by atoms with Crippen LogP contribution in [0.2, 0.25) is 0 Å². The summed E-state index contributed by atoms with van der Waals surface area (Å²) in [5.41, 5.74) is 2.52. The second-order valence-electron chi connectivity index (χ2n) is 4.84. The maximum atomic E-state index is 5.71. The number of morpholine rings is 1. The maximum absolute atomic E-state index is 5.71. The topological polar surface area (TPSA) is 24.5 Å². The summed E-state index contributed by atoms with van der Waals surface area (Å²) in [6.07, 6.45) is 1.42. The van der Waals surface area contributed by atoms with Gasteiger partial charge in [0.25, 0.3) is 0 Å². The van der Waals surface area contributed by atoms with Crippen molar-refractivity contribution >= 4 is 21.6 Å². The number of ether oxygens (including phenoxy) is 1. The van der Waals surface area contributed by atoms with E-state index in [4.69, 9.17) is 4.74 Å². The van der Waals surface area contributed by atoms with E-state index in [9.17, 15) is 0 Å². The standard InChI is InChI=1S/C14H21BrN2O/c1-11-3-4-12(9-14(11)15)17(2)7-5-13-10-16-6-8-18-13/h3-4,9,13,16H,5-8,10H2,1-2H3. The number of halogens is 1. The summed E-state index contributed by atoms with van der Waals surface area (Å²) in [4.78, 5) is 2.28. The van der Waals surface area contributed by atoms with Crippen LogP contribution in [-0.4, -0.2) is 39.4 Å². The first-order valence-corrected chi connectivity index (χ1v) is 7.26. The van der Waals surface area contributed by atoms with Crippen molar-refractivity contribution in [3.05, 3.63) is 28.2 Å². The number of anilines is 1. The summed E-state index contributed by atoms with van der Waals surface area (Å²) >= 11 is 3.58. The summed E-state index contributed by atoms with van der Waals surface area (Å²) in [5.74, 6) is 0. The van der Waals surface area contributed by atoms with Gasteiger partial charge in [0.2, 0.25) is 0 Å². The van der Waals surface area contributed by atoms with Crippen molar-refractivity contribution in [2.24, 2.45) is 0 Å². The number of rotatable bonds is 4. The molecule has 1 fully saturated rings. The first-order chi connectivity index (χ1) is 8.66. The first kappa shape index (κ1) is 13.8. The van der Waals surface area contributed by atoms with Crippen molar-refractivity contribution in [2.75, 3.05) is 38.2 Å². The molecule has 1 atom stereocenters. The molecule has 100 valence electrons. The largest absolute Gasteiger partial charge is 0.376 e. The van der Waals surface area contributed by atoms with Crippen LogP contribution in [0, 0.1) is 6.92 Å². The predicted molar refractivity (Wildman–Crippen MR) is 79.4 cm³/mol. The van der Waals surface area contributed by atoms with Crippen LogP contribution in [0.3, 0.4) is 0 Å². The van der Waals surface area contributed by atoms with Crippen molar-refractivity contribution in [3.8, 4) is 0 Å². The molecule has 0 spiro atoms. The molecule has 1 aliphatic heterocycles. The van der Waals surface area contributed by atoms with E-state index in [-0.39, 0.29) is 0 Å². The van der Waals surface area contributed by atoms with E-state index in [0.29, 0.717) is 6.10 Å². The monoisotopic (exact) mass is 312 g/mol. The quantitative estimate of drug-likeness (QED) is 0.925. The molecule has 4 heteroatoms. The van der Waals surface area contributed by atoms with E-state index in [2.05, 4.69) is 58.3 Å². The van der Waals surface area contributed by atoms with Gasteiger partial charge >= 0.3 is 0 Å². The summed E-state index contributed by atoms with van der Waals surface area (Å²) < 4.78 is 6.88. The molecule has 0 bridgehead atoms. The van der Waals surface area contributed by atoms with Crippen molar-refractivity contribution in [1.82, 2.24) is 5.32 Å². The van der Waals surface area contributed by atoms with Gasteiger partial charge in [-0.3, -0.25) is 0 Å². The molecule has 1 aromatic carbocycles. The Morgan fingerprint density at radius 1 is 1.50 bits per heavy atom. The molecule has 1 aliphatic rings. The number of hydrogen-bond donors (Lipinski definition) is 1. The van der Waals surface area contributed by atoms with E-state index >= 15 is 0 Å². The highest BCUT2D eigenvalue weighted by Gasteiger charge is 2.14. The predicted octanol–water partition coefficient (Wildman–Crippen LogP) is 2.57. The fourth-order valence-electron chi connectivity index (χ4n) is 2.09. The molecule has 0 amide bonds. The molecule has 0 radical (unpaired) electrons. The number of nitrogens with zero attached hydrogens (tertiary/aromatic N) is 1. The zero-order chi connectivity index (χ0) is 13.0. The zero-order valence-corrected chi connectivity index (χ0v) is 12.7. The lowest BCUT2D eigenvalue weighted by Gasteiger charge is -2.27. The van der Waals surface area contributed by atoms with E-state index in [1.165, 1.54) is 15.7 Å². The third kappa shape index (κ3) is 3.70. The van der Waals surface area contributed by atoms with E-state index < -0.39 is 0 Å². The Morgan fingerprint density at radius 2 is 2.33 bits per heavy atom. The Kier molecular flexibility index (Phi) is 5.03. The summed E-state index contributed by atoms with van der Waals surface area (Å²) in [6.45, 7) is 5.92. The maximum Gasteiger partial charge on any atom is 0.0716 e. The van der Waals surface area contributed by atoms with Gasteiger partial charge in [-0.2, -0.15) is 0 Å². The molecule has 18 heavy (non-hydrogen) atoms. The Bertz CT molecular complexity index is 391. The van der Waals surface area contributed by atoms with Gasteiger partial charge in [-0.05, 0) is 31.0 Å². The molecule has 1 heterocycles. The minimum atomic E-state index is 0.357. The number of benzene rings is 1. The first-order valence-electron chi connectivity index (χ1n) is 6.46. The second-order valence-corrected chi connectivity index (χ2v) is 5.69. The summed E-state index contributed by atoms with van der Waals surface area (Å²) in [5, 5.41) is 3.36. The third-order valence-corrected chi connectivity index (χ3v) is 4.24. The number of hydrogen-bond acceptors (Lipinski definition) is 3. The molecular formula is C14H21BrN2O. The molecule has 1 aromatic rings. The van der Waals surface area contributed by atoms with Gasteiger partial charge in [0, 0.05) is 36.8 Å². The van der Waals surface area contributed by atoms with Crippen LogP contribution in [0.1, 0.15) is 12.0 Å². The summed E-state index contributed by atoms with van der Waals surface area (Å²) in [6, 6.07) is 6.49. The van der Waals surface area contributed by atoms with Crippen LogP contribution in [0.25, 0.3) is 0 Å². The van der Waals surface area contributed by atoms with Crippen LogP contribution in [0.4, 0.5) is 5.69 Å². The highest BCUT2D eigenvalue weighted by Crippen LogP contribution is 2.23. The minimum Gasteiger partial charge on any atom is -0.376 e. The lowest BCUT2D eigenvalue weighted by Crippen LogP contribution is -2.40. The van der Waals surface area contributed by atoms with E-state index in [1.807, 2.05) is 0 Å². The Balaban J connectivity index is 1.86. The molecule has 1 N–H and O–H groups in total. The molecule has 3 nitrogen and oxygen atoms in total. The van der Waals surface area contributed by atoms with Gasteiger partial charge in [-0.1, -0.05) is 22.0 Å².